The first-order chi connectivity index (χ1) is 12.3. The van der Waals surface area contributed by atoms with Crippen LogP contribution >= 0.6 is 0 Å². The molecular formula is C23H16N2. The van der Waals surface area contributed by atoms with Gasteiger partial charge in [0.15, 0.2) is 0 Å². The molecule has 118 valence electrons. The summed E-state index contributed by atoms with van der Waals surface area (Å²) in [6.07, 6.45) is 0. The van der Waals surface area contributed by atoms with Crippen LogP contribution in [0.1, 0.15) is 5.56 Å². The van der Waals surface area contributed by atoms with Crippen LogP contribution in [0.15, 0.2) is 78.9 Å². The van der Waals surface area contributed by atoms with E-state index in [2.05, 4.69) is 61.5 Å². The standard InChI is InChI=1S/C23H16N2/c1-15-5-4-6-17(13-15)18-10-9-16-11-12-22-23(19(16)14-18)25-21-8-3-2-7-20(21)24-22/h2-14H,1H3. The van der Waals surface area contributed by atoms with E-state index in [1.807, 2.05) is 24.3 Å². The van der Waals surface area contributed by atoms with Crippen LogP contribution in [0.2, 0.25) is 0 Å². The smallest absolute Gasteiger partial charge is 0.0973 e. The molecule has 5 rings (SSSR count). The summed E-state index contributed by atoms with van der Waals surface area (Å²) in [5.74, 6) is 0. The van der Waals surface area contributed by atoms with Crippen LogP contribution in [0.25, 0.3) is 44.0 Å². The Bertz CT molecular complexity index is 1260. The van der Waals surface area contributed by atoms with Crippen LogP contribution < -0.4 is 0 Å². The van der Waals surface area contributed by atoms with Crippen LogP contribution in [0.3, 0.4) is 0 Å². The SMILES string of the molecule is Cc1cccc(-c2ccc3ccc4nc5ccccc5nc4c3c2)c1. The van der Waals surface area contributed by atoms with Crippen LogP contribution in [0.4, 0.5) is 0 Å². The number of rotatable bonds is 1. The molecule has 0 radical (unpaired) electrons. The maximum absolute atomic E-state index is 4.90. The maximum Gasteiger partial charge on any atom is 0.0973 e. The zero-order valence-corrected chi connectivity index (χ0v) is 13.9. The number of aromatic nitrogens is 2. The van der Waals surface area contributed by atoms with Crippen molar-refractivity contribution in [3.63, 3.8) is 0 Å². The molecule has 0 bridgehead atoms. The average molecular weight is 320 g/mol. The molecule has 0 aliphatic rings. The molecule has 1 aromatic heterocycles. The Hall–Kier alpha value is -3.26. The third kappa shape index (κ3) is 2.34. The quantitative estimate of drug-likeness (QED) is 0.283. The van der Waals surface area contributed by atoms with E-state index in [9.17, 15) is 0 Å². The summed E-state index contributed by atoms with van der Waals surface area (Å²) in [5.41, 5.74) is 7.47. The molecule has 0 unspecified atom stereocenters. The molecule has 0 aliphatic heterocycles. The van der Waals surface area contributed by atoms with Gasteiger partial charge in [0.05, 0.1) is 22.1 Å². The second kappa shape index (κ2) is 5.38. The topological polar surface area (TPSA) is 25.8 Å². The van der Waals surface area contributed by atoms with Gasteiger partial charge in [0.1, 0.15) is 0 Å². The number of hydrogen-bond donors (Lipinski definition) is 0. The lowest BCUT2D eigenvalue weighted by atomic mass is 9.99. The number of hydrogen-bond acceptors (Lipinski definition) is 2. The monoisotopic (exact) mass is 320 g/mol. The number of para-hydroxylation sites is 2. The van der Waals surface area contributed by atoms with Gasteiger partial charge in [-0.25, -0.2) is 9.97 Å². The molecule has 2 nitrogen and oxygen atoms in total. The minimum Gasteiger partial charge on any atom is -0.244 e. The van der Waals surface area contributed by atoms with Gasteiger partial charge in [0.25, 0.3) is 0 Å². The molecule has 0 saturated heterocycles. The highest BCUT2D eigenvalue weighted by atomic mass is 14.8. The molecule has 5 aromatic rings. The number of nitrogens with zero attached hydrogens (tertiary/aromatic N) is 2. The normalized spacial score (nSPS) is 11.4. The van der Waals surface area contributed by atoms with E-state index in [-0.39, 0.29) is 0 Å². The van der Waals surface area contributed by atoms with Gasteiger partial charge in [0, 0.05) is 5.39 Å². The average Bonchev–Trinajstić information content (AvgIpc) is 2.66. The lowest BCUT2D eigenvalue weighted by Gasteiger charge is -2.08. The van der Waals surface area contributed by atoms with Crippen molar-refractivity contribution in [2.75, 3.05) is 0 Å². The highest BCUT2D eigenvalue weighted by molar-refractivity contribution is 6.07. The van der Waals surface area contributed by atoms with Crippen molar-refractivity contribution in [3.8, 4) is 11.1 Å². The van der Waals surface area contributed by atoms with Crippen molar-refractivity contribution in [1.29, 1.82) is 0 Å². The van der Waals surface area contributed by atoms with Crippen LogP contribution in [0.5, 0.6) is 0 Å². The summed E-state index contributed by atoms with van der Waals surface area (Å²) in [4.78, 5) is 9.68. The van der Waals surface area contributed by atoms with E-state index < -0.39 is 0 Å². The molecule has 1 heterocycles. The summed E-state index contributed by atoms with van der Waals surface area (Å²) < 4.78 is 0. The second-order valence-corrected chi connectivity index (χ2v) is 6.45. The lowest BCUT2D eigenvalue weighted by molar-refractivity contribution is 1.41. The molecular weight excluding hydrogens is 304 g/mol. The van der Waals surface area contributed by atoms with E-state index in [4.69, 9.17) is 9.97 Å². The third-order valence-electron chi connectivity index (χ3n) is 4.68. The first-order valence-electron chi connectivity index (χ1n) is 8.44. The van der Waals surface area contributed by atoms with Gasteiger partial charge < -0.3 is 0 Å². The minimum absolute atomic E-state index is 0.934. The van der Waals surface area contributed by atoms with Crippen molar-refractivity contribution in [3.05, 3.63) is 84.4 Å². The van der Waals surface area contributed by atoms with Gasteiger partial charge in [-0.2, -0.15) is 0 Å². The first kappa shape index (κ1) is 14.1. The fourth-order valence-corrected chi connectivity index (χ4v) is 3.41. The third-order valence-corrected chi connectivity index (χ3v) is 4.68. The molecule has 0 amide bonds. The van der Waals surface area contributed by atoms with E-state index in [0.29, 0.717) is 0 Å². The lowest BCUT2D eigenvalue weighted by Crippen LogP contribution is -1.89. The Morgan fingerprint density at radius 3 is 2.20 bits per heavy atom. The van der Waals surface area contributed by atoms with Crippen molar-refractivity contribution >= 4 is 32.8 Å². The predicted molar refractivity (Wildman–Crippen MR) is 105 cm³/mol. The minimum atomic E-state index is 0.934. The number of fused-ring (bicyclic) bond motifs is 4. The zero-order chi connectivity index (χ0) is 16.8. The Balaban J connectivity index is 1.84. The highest BCUT2D eigenvalue weighted by Crippen LogP contribution is 2.29. The Morgan fingerprint density at radius 2 is 1.36 bits per heavy atom. The van der Waals surface area contributed by atoms with Gasteiger partial charge in [-0.15, -0.1) is 0 Å². The van der Waals surface area contributed by atoms with E-state index in [1.165, 1.54) is 22.1 Å². The molecule has 4 aromatic carbocycles. The van der Waals surface area contributed by atoms with Gasteiger partial charge in [-0.3, -0.25) is 0 Å². The Morgan fingerprint density at radius 1 is 0.600 bits per heavy atom. The summed E-state index contributed by atoms with van der Waals surface area (Å²) in [6.45, 7) is 2.12. The molecule has 0 spiro atoms. The van der Waals surface area contributed by atoms with E-state index in [0.717, 1.165) is 27.5 Å². The first-order valence-corrected chi connectivity index (χ1v) is 8.44. The highest BCUT2D eigenvalue weighted by Gasteiger charge is 2.07. The van der Waals surface area contributed by atoms with E-state index >= 15 is 0 Å². The van der Waals surface area contributed by atoms with Crippen molar-refractivity contribution < 1.29 is 0 Å². The molecule has 0 fully saturated rings. The fraction of sp³-hybridized carbons (Fsp3) is 0.0435. The Kier molecular flexibility index (Phi) is 3.04. The molecule has 0 saturated carbocycles. The molecule has 2 heteroatoms. The molecule has 0 aliphatic carbocycles. The van der Waals surface area contributed by atoms with Crippen molar-refractivity contribution in [1.82, 2.24) is 9.97 Å². The number of aryl methyl sites for hydroxylation is 1. The summed E-state index contributed by atoms with van der Waals surface area (Å²) >= 11 is 0. The van der Waals surface area contributed by atoms with Gasteiger partial charge in [0.2, 0.25) is 0 Å². The van der Waals surface area contributed by atoms with Crippen LogP contribution in [0, 0.1) is 6.92 Å². The maximum atomic E-state index is 4.90. The number of benzene rings is 4. The van der Waals surface area contributed by atoms with Crippen LogP contribution in [-0.4, -0.2) is 9.97 Å². The summed E-state index contributed by atoms with van der Waals surface area (Å²) in [5, 5.41) is 2.34. The van der Waals surface area contributed by atoms with Crippen LogP contribution in [-0.2, 0) is 0 Å². The summed E-state index contributed by atoms with van der Waals surface area (Å²) in [6, 6.07) is 27.4. The van der Waals surface area contributed by atoms with E-state index in [1.54, 1.807) is 0 Å². The fourth-order valence-electron chi connectivity index (χ4n) is 3.41. The summed E-state index contributed by atoms with van der Waals surface area (Å²) in [7, 11) is 0. The molecule has 0 N–H and O–H groups in total. The molecule has 0 atom stereocenters. The van der Waals surface area contributed by atoms with Gasteiger partial charge in [-0.05, 0) is 47.7 Å². The largest absolute Gasteiger partial charge is 0.244 e. The Labute approximate surface area is 145 Å². The van der Waals surface area contributed by atoms with Crippen molar-refractivity contribution in [2.45, 2.75) is 6.92 Å². The molecule has 25 heavy (non-hydrogen) atoms. The second-order valence-electron chi connectivity index (χ2n) is 6.45. The van der Waals surface area contributed by atoms with Gasteiger partial charge in [-0.1, -0.05) is 60.2 Å². The van der Waals surface area contributed by atoms with Crippen molar-refractivity contribution in [2.24, 2.45) is 0 Å². The van der Waals surface area contributed by atoms with Gasteiger partial charge >= 0.3 is 0 Å². The predicted octanol–water partition coefficient (Wildman–Crippen LogP) is 5.91. The zero-order valence-electron chi connectivity index (χ0n) is 13.9.